The summed E-state index contributed by atoms with van der Waals surface area (Å²) in [5, 5.41) is 0. The second kappa shape index (κ2) is 12.3. The smallest absolute Gasteiger partial charge is 0.216 e. The van der Waals surface area contributed by atoms with E-state index in [0.29, 0.717) is 48.5 Å². The average Bonchev–Trinajstić information content (AvgIpc) is 2.93. The summed E-state index contributed by atoms with van der Waals surface area (Å²) in [7, 11) is 0. The Labute approximate surface area is 266 Å². The Hall–Kier alpha value is -3.10. The number of alkyl halides is 22. The molecule has 2 aromatic rings. The predicted molar refractivity (Wildman–Crippen MR) is 129 cm³/mol. The Morgan fingerprint density at radius 2 is 0.540 bits per heavy atom. The van der Waals surface area contributed by atoms with Gasteiger partial charge in [0, 0.05) is 23.7 Å². The monoisotopic (exact) mass is 774 g/mol. The predicted octanol–water partition coefficient (Wildman–Crippen LogP) is 11.9. The van der Waals surface area contributed by atoms with Crippen LogP contribution < -0.4 is 0 Å². The molecule has 0 nitrogen and oxygen atoms in total. The summed E-state index contributed by atoms with van der Waals surface area (Å²) < 4.78 is 309. The second-order valence-electron chi connectivity index (χ2n) is 11.6. The molecule has 286 valence electrons. The Balaban J connectivity index is 3.10. The lowest BCUT2D eigenvalue weighted by Gasteiger charge is -2.52. The molecule has 0 bridgehead atoms. The highest BCUT2D eigenvalue weighted by atomic mass is 19.4. The summed E-state index contributed by atoms with van der Waals surface area (Å²) in [6, 6.07) is 6.53. The Morgan fingerprint density at radius 3 is 0.720 bits per heavy atom. The normalized spacial score (nSPS) is 17.7. The number of rotatable bonds is 11. The van der Waals surface area contributed by atoms with Crippen LogP contribution in [-0.4, -0.2) is 59.7 Å². The molecule has 0 aromatic heterocycles. The molecule has 0 aliphatic rings. The van der Waals surface area contributed by atoms with Gasteiger partial charge in [0.2, 0.25) is 0 Å². The fourth-order valence-corrected chi connectivity index (χ4v) is 5.49. The van der Waals surface area contributed by atoms with E-state index < -0.39 is 94.5 Å². The zero-order chi connectivity index (χ0) is 39.6. The van der Waals surface area contributed by atoms with Crippen molar-refractivity contribution in [2.24, 2.45) is 0 Å². The van der Waals surface area contributed by atoms with Crippen molar-refractivity contribution in [1.29, 1.82) is 0 Å². The van der Waals surface area contributed by atoms with Crippen LogP contribution in [0.4, 0.5) is 96.6 Å². The van der Waals surface area contributed by atoms with Crippen LogP contribution in [0.2, 0.25) is 0 Å². The van der Waals surface area contributed by atoms with Crippen molar-refractivity contribution in [2.75, 3.05) is 0 Å². The van der Waals surface area contributed by atoms with E-state index in [9.17, 15) is 79.0 Å². The van der Waals surface area contributed by atoms with Gasteiger partial charge in [-0.15, -0.1) is 0 Å². The highest BCUT2D eigenvalue weighted by molar-refractivity contribution is 5.40. The van der Waals surface area contributed by atoms with Crippen molar-refractivity contribution in [1.82, 2.24) is 0 Å². The molecule has 2 rings (SSSR count). The lowest BCUT2D eigenvalue weighted by Crippen LogP contribution is -2.72. The molecular weight excluding hydrogens is 754 g/mol. The molecule has 0 unspecified atom stereocenters. The minimum absolute atomic E-state index is 0.0187. The van der Waals surface area contributed by atoms with Crippen LogP contribution in [0.25, 0.3) is 0 Å². The first-order valence-corrected chi connectivity index (χ1v) is 13.1. The minimum Gasteiger partial charge on any atom is -0.216 e. The van der Waals surface area contributed by atoms with Gasteiger partial charge in [-0.3, -0.25) is 0 Å². The van der Waals surface area contributed by atoms with Gasteiger partial charge in [-0.2, -0.15) is 87.8 Å². The lowest BCUT2D eigenvalue weighted by molar-refractivity contribution is -0.430. The summed E-state index contributed by atoms with van der Waals surface area (Å²) in [5.74, 6) is -30.0. The van der Waals surface area contributed by atoms with Crippen LogP contribution >= 0.6 is 0 Å². The third-order valence-electron chi connectivity index (χ3n) is 8.54. The van der Waals surface area contributed by atoms with Crippen LogP contribution in [0.15, 0.2) is 60.7 Å². The third-order valence-corrected chi connectivity index (χ3v) is 8.54. The topological polar surface area (TPSA) is 0 Å². The fraction of sp³-hybridized carbons (Fsp3) is 0.571. The van der Waals surface area contributed by atoms with Crippen molar-refractivity contribution in [3.63, 3.8) is 0 Å². The van der Waals surface area contributed by atoms with Crippen LogP contribution in [0.1, 0.15) is 37.8 Å². The van der Waals surface area contributed by atoms with E-state index in [1.165, 1.54) is 0 Å². The average molecular weight is 774 g/mol. The first-order valence-electron chi connectivity index (χ1n) is 13.1. The third kappa shape index (κ3) is 6.23. The summed E-state index contributed by atoms with van der Waals surface area (Å²) in [4.78, 5) is 0. The molecule has 0 fully saturated rings. The molecule has 0 saturated carbocycles. The van der Waals surface area contributed by atoms with Crippen LogP contribution in [0.3, 0.4) is 0 Å². The van der Waals surface area contributed by atoms with Gasteiger partial charge in [0.05, 0.1) is 0 Å². The van der Waals surface area contributed by atoms with E-state index in [1.54, 1.807) is 0 Å². The molecular formula is C28H20F22. The minimum atomic E-state index is -8.11. The largest absolute Gasteiger partial charge is 0.438 e. The van der Waals surface area contributed by atoms with E-state index in [2.05, 4.69) is 0 Å². The van der Waals surface area contributed by atoms with E-state index in [-0.39, 0.29) is 13.8 Å². The maximum Gasteiger partial charge on any atom is 0.438 e. The van der Waals surface area contributed by atoms with Crippen LogP contribution in [0.5, 0.6) is 0 Å². The van der Waals surface area contributed by atoms with E-state index in [1.807, 2.05) is 0 Å². The molecule has 0 N–H and O–H groups in total. The molecule has 0 amide bonds. The number of halogens is 22. The SMILES string of the molecule is C[C@](CC(F)(F)C(F)(F)C(F)(C(F)(F)F)C(F)(F)F)(c1ccccc1)[C@](C)(CC(F)(F)C(F)(F)C(F)(C(F)(F)F)C(F)(F)F)c1ccccc1. The summed E-state index contributed by atoms with van der Waals surface area (Å²) in [5.41, 5.74) is -26.2. The molecule has 2 atom stereocenters. The number of benzene rings is 2. The van der Waals surface area contributed by atoms with Gasteiger partial charge in [0.1, 0.15) is 0 Å². The number of hydrogen-bond acceptors (Lipinski definition) is 0. The van der Waals surface area contributed by atoms with Crippen molar-refractivity contribution < 1.29 is 96.6 Å². The summed E-state index contributed by atoms with van der Waals surface area (Å²) in [6.07, 6.45) is -38.3. The summed E-state index contributed by atoms with van der Waals surface area (Å²) in [6.45, 7) is 0.0374. The number of hydrogen-bond donors (Lipinski definition) is 0. The Kier molecular flexibility index (Phi) is 10.6. The Morgan fingerprint density at radius 1 is 0.340 bits per heavy atom. The molecule has 2 aromatic carbocycles. The fourth-order valence-electron chi connectivity index (χ4n) is 5.49. The highest BCUT2D eigenvalue weighted by Crippen LogP contribution is 2.66. The van der Waals surface area contributed by atoms with Crippen molar-refractivity contribution >= 4 is 0 Å². The molecule has 50 heavy (non-hydrogen) atoms. The maximum atomic E-state index is 15.5. The maximum absolute atomic E-state index is 15.5. The summed E-state index contributed by atoms with van der Waals surface area (Å²) >= 11 is 0. The van der Waals surface area contributed by atoms with E-state index in [4.69, 9.17) is 0 Å². The van der Waals surface area contributed by atoms with E-state index >= 15 is 17.6 Å². The van der Waals surface area contributed by atoms with Gasteiger partial charge in [0.15, 0.2) is 0 Å². The van der Waals surface area contributed by atoms with E-state index in [0.717, 1.165) is 12.1 Å². The first-order chi connectivity index (χ1) is 21.9. The molecule has 0 aliphatic heterocycles. The molecule has 0 saturated heterocycles. The van der Waals surface area contributed by atoms with Crippen LogP contribution in [-0.2, 0) is 10.8 Å². The second-order valence-corrected chi connectivity index (χ2v) is 11.6. The van der Waals surface area contributed by atoms with Crippen molar-refractivity contribution in [3.05, 3.63) is 71.8 Å². The molecule has 0 heterocycles. The molecule has 22 heteroatoms. The zero-order valence-corrected chi connectivity index (χ0v) is 24.5. The molecule has 0 spiro atoms. The Bertz CT molecular complexity index is 1310. The van der Waals surface area contributed by atoms with Gasteiger partial charge >= 0.3 is 59.7 Å². The van der Waals surface area contributed by atoms with Crippen molar-refractivity contribution in [3.8, 4) is 0 Å². The molecule has 0 radical (unpaired) electrons. The first kappa shape index (κ1) is 43.1. The quantitative estimate of drug-likeness (QED) is 0.200. The van der Waals surface area contributed by atoms with Gasteiger partial charge in [-0.05, 0) is 11.1 Å². The van der Waals surface area contributed by atoms with Gasteiger partial charge < -0.3 is 0 Å². The van der Waals surface area contributed by atoms with Gasteiger partial charge in [-0.1, -0.05) is 74.5 Å². The lowest BCUT2D eigenvalue weighted by atomic mass is 9.53. The molecule has 0 aliphatic carbocycles. The van der Waals surface area contributed by atoms with Crippen LogP contribution in [0, 0.1) is 0 Å². The zero-order valence-electron chi connectivity index (χ0n) is 24.5. The van der Waals surface area contributed by atoms with Gasteiger partial charge in [-0.25, -0.2) is 8.78 Å². The standard InChI is InChI=1S/C28H20F22/c1-17(15-9-5-3-6-10-15,13-19(29,30)23(35,36)21(33,25(39,40)41)26(42,43)44)18(2,16-11-7-4-8-12-16)14-20(31,32)24(37,38)22(34,27(45,46)47)28(48,49)50/h3-12H,13-14H2,1-2H3/t17-,18+. The van der Waals surface area contributed by atoms with Crippen molar-refractivity contribution in [2.45, 2.75) is 97.3 Å². The highest BCUT2D eigenvalue weighted by Gasteiger charge is 2.92. The van der Waals surface area contributed by atoms with Gasteiger partial charge in [0.25, 0.3) is 0 Å².